The Labute approximate surface area is 272 Å². The van der Waals surface area contributed by atoms with Crippen molar-refractivity contribution in [2.75, 3.05) is 40.9 Å². The lowest BCUT2D eigenvalue weighted by Crippen LogP contribution is -2.47. The summed E-state index contributed by atoms with van der Waals surface area (Å²) in [7, 11) is 1.75. The number of piperazine rings is 1. The zero-order valence-corrected chi connectivity index (χ0v) is 26.6. The van der Waals surface area contributed by atoms with Gasteiger partial charge in [-0.25, -0.2) is 14.1 Å². The Bertz CT molecular complexity index is 2180. The number of pyridine rings is 1. The molecule has 1 amide bonds. The van der Waals surface area contributed by atoms with Gasteiger partial charge in [0, 0.05) is 39.4 Å². The van der Waals surface area contributed by atoms with E-state index in [9.17, 15) is 18.8 Å². The topological polar surface area (TPSA) is 88.1 Å². The summed E-state index contributed by atoms with van der Waals surface area (Å²) in [6.07, 6.45) is 3.16. The molecule has 0 N–H and O–H groups in total. The maximum absolute atomic E-state index is 14.5. The molecule has 13 heteroatoms. The second-order valence-electron chi connectivity index (χ2n) is 10.9. The average Bonchev–Trinajstić information content (AvgIpc) is 3.46. The van der Waals surface area contributed by atoms with E-state index in [2.05, 4.69) is 0 Å². The molecule has 2 aliphatic heterocycles. The average molecular weight is 654 g/mol. The summed E-state index contributed by atoms with van der Waals surface area (Å²) >= 11 is 6.68. The van der Waals surface area contributed by atoms with Crippen LogP contribution >= 0.6 is 24.0 Å². The first-order valence-electron chi connectivity index (χ1n) is 14.6. The summed E-state index contributed by atoms with van der Waals surface area (Å²) < 4.78 is 19.3. The third-order valence-corrected chi connectivity index (χ3v) is 9.64. The van der Waals surface area contributed by atoms with Crippen molar-refractivity contribution < 1.29 is 9.18 Å². The van der Waals surface area contributed by atoms with Crippen molar-refractivity contribution in [3.05, 3.63) is 122 Å². The second-order valence-corrected chi connectivity index (χ2v) is 12.6. The largest absolute Gasteiger partial charge is 0.366 e. The van der Waals surface area contributed by atoms with Crippen LogP contribution in [0.1, 0.15) is 11.3 Å². The normalized spacial score (nSPS) is 16.3. The highest BCUT2D eigenvalue weighted by atomic mass is 32.2. The highest BCUT2D eigenvalue weighted by molar-refractivity contribution is 8.27. The van der Waals surface area contributed by atoms with Crippen LogP contribution in [0.15, 0.2) is 93.5 Å². The number of amides is 1. The van der Waals surface area contributed by atoms with Crippen LogP contribution in [0.2, 0.25) is 0 Å². The van der Waals surface area contributed by atoms with E-state index in [-0.39, 0.29) is 37.4 Å². The minimum Gasteiger partial charge on any atom is -0.366 e. The van der Waals surface area contributed by atoms with Crippen LogP contribution in [0.3, 0.4) is 0 Å². The molecule has 5 heterocycles. The predicted molar refractivity (Wildman–Crippen MR) is 184 cm³/mol. The first-order chi connectivity index (χ1) is 22.2. The summed E-state index contributed by atoms with van der Waals surface area (Å²) in [5.41, 5.74) is 1.87. The van der Waals surface area contributed by atoms with Crippen LogP contribution in [-0.4, -0.2) is 55.2 Å². The third-order valence-electron chi connectivity index (χ3n) is 8.34. The SMILES string of the molecule is Cc1c(N2C(=O)/C(=C\c3c(N4CCN(c5ccccc5F)CC4)nc4ccccn4c3=O)SC2=S)c(=O)n(-c2ccccc2)n1C. The lowest BCUT2D eigenvalue weighted by atomic mass is 10.2. The van der Waals surface area contributed by atoms with Gasteiger partial charge in [0.25, 0.3) is 17.0 Å². The number of halogens is 1. The smallest absolute Gasteiger partial charge is 0.296 e. The maximum Gasteiger partial charge on any atom is 0.296 e. The van der Waals surface area contributed by atoms with Crippen molar-refractivity contribution in [1.82, 2.24) is 18.7 Å². The summed E-state index contributed by atoms with van der Waals surface area (Å²) in [5, 5.41) is 0. The molecule has 10 nitrogen and oxygen atoms in total. The Hall–Kier alpha value is -5.01. The number of para-hydroxylation sites is 2. The molecule has 0 spiro atoms. The molecule has 2 aliphatic rings. The van der Waals surface area contributed by atoms with Crippen molar-refractivity contribution in [3.63, 3.8) is 0 Å². The fourth-order valence-electron chi connectivity index (χ4n) is 5.93. The van der Waals surface area contributed by atoms with Crippen molar-refractivity contribution >= 4 is 63.1 Å². The quantitative estimate of drug-likeness (QED) is 0.204. The standard InChI is InChI=1S/C33H28FN7O3S2/c1-21-28(32(44)41(36(21)2)22-10-4-3-5-11-22)40-31(43)26(46-33(40)45)20-23-29(35-27-14-8-9-15-39(27)30(23)42)38-18-16-37(17-19-38)25-13-7-6-12-24(25)34/h3-15,20H,16-19H2,1-2H3/b26-20+. The predicted octanol–water partition coefficient (Wildman–Crippen LogP) is 4.36. The summed E-state index contributed by atoms with van der Waals surface area (Å²) in [5.74, 6) is -0.351. The molecule has 2 aromatic carbocycles. The molecule has 2 saturated heterocycles. The Balaban J connectivity index is 1.27. The van der Waals surface area contributed by atoms with E-state index in [4.69, 9.17) is 17.2 Å². The molecular weight excluding hydrogens is 626 g/mol. The first-order valence-corrected chi connectivity index (χ1v) is 15.8. The zero-order valence-electron chi connectivity index (χ0n) is 25.0. The molecule has 46 heavy (non-hydrogen) atoms. The number of thiocarbonyl (C=S) groups is 1. The molecule has 0 bridgehead atoms. The number of benzene rings is 2. The highest BCUT2D eigenvalue weighted by Crippen LogP contribution is 2.37. The van der Waals surface area contributed by atoms with Gasteiger partial charge < -0.3 is 9.80 Å². The Morgan fingerprint density at radius 1 is 0.870 bits per heavy atom. The van der Waals surface area contributed by atoms with Gasteiger partial charge in [0.2, 0.25) is 0 Å². The lowest BCUT2D eigenvalue weighted by molar-refractivity contribution is -0.113. The van der Waals surface area contributed by atoms with E-state index >= 15 is 0 Å². The molecule has 2 fully saturated rings. The number of thioether (sulfide) groups is 1. The molecule has 0 unspecified atom stereocenters. The van der Waals surface area contributed by atoms with E-state index in [0.717, 1.165) is 11.8 Å². The van der Waals surface area contributed by atoms with Gasteiger partial charge in [-0.2, -0.15) is 0 Å². The molecule has 5 aromatic rings. The van der Waals surface area contributed by atoms with Crippen LogP contribution in [0.4, 0.5) is 21.6 Å². The highest BCUT2D eigenvalue weighted by Gasteiger charge is 2.38. The van der Waals surface area contributed by atoms with Crippen LogP contribution in [-0.2, 0) is 11.8 Å². The second kappa shape index (κ2) is 11.7. The van der Waals surface area contributed by atoms with Gasteiger partial charge in [-0.15, -0.1) is 0 Å². The zero-order chi connectivity index (χ0) is 32.1. The van der Waals surface area contributed by atoms with Crippen molar-refractivity contribution in [3.8, 4) is 5.69 Å². The molecule has 3 aromatic heterocycles. The van der Waals surface area contributed by atoms with E-state index in [1.807, 2.05) is 40.1 Å². The number of rotatable bonds is 5. The van der Waals surface area contributed by atoms with Gasteiger partial charge >= 0.3 is 0 Å². The van der Waals surface area contributed by atoms with Crippen LogP contribution in [0.25, 0.3) is 17.4 Å². The van der Waals surface area contributed by atoms with Gasteiger partial charge in [0.1, 0.15) is 23.0 Å². The molecule has 0 aliphatic carbocycles. The van der Waals surface area contributed by atoms with Crippen LogP contribution in [0, 0.1) is 12.7 Å². The van der Waals surface area contributed by atoms with E-state index in [1.54, 1.807) is 61.2 Å². The van der Waals surface area contributed by atoms with Gasteiger partial charge in [0.05, 0.1) is 27.5 Å². The number of anilines is 3. The van der Waals surface area contributed by atoms with Crippen molar-refractivity contribution in [1.29, 1.82) is 0 Å². The monoisotopic (exact) mass is 653 g/mol. The number of carbonyl (C=O) groups excluding carboxylic acids is 1. The molecule has 232 valence electrons. The molecule has 7 rings (SSSR count). The van der Waals surface area contributed by atoms with E-state index < -0.39 is 5.91 Å². The lowest BCUT2D eigenvalue weighted by Gasteiger charge is -2.37. The number of aromatic nitrogens is 4. The number of hydrogen-bond acceptors (Lipinski definition) is 8. The number of carbonyl (C=O) groups is 1. The Kier molecular flexibility index (Phi) is 7.57. The minimum absolute atomic E-state index is 0.162. The fourth-order valence-corrected chi connectivity index (χ4v) is 7.18. The maximum atomic E-state index is 14.5. The number of fused-ring (bicyclic) bond motifs is 1. The minimum atomic E-state index is -0.492. The van der Waals surface area contributed by atoms with Gasteiger partial charge in [-0.05, 0) is 49.4 Å². The van der Waals surface area contributed by atoms with Crippen molar-refractivity contribution in [2.24, 2.45) is 7.05 Å². The fraction of sp³-hybridized carbons (Fsp3) is 0.182. The van der Waals surface area contributed by atoms with Crippen molar-refractivity contribution in [2.45, 2.75) is 6.92 Å². The van der Waals surface area contributed by atoms with E-state index in [0.29, 0.717) is 54.7 Å². The van der Waals surface area contributed by atoms with E-state index in [1.165, 1.54) is 26.1 Å². The summed E-state index contributed by atoms with van der Waals surface area (Å²) in [4.78, 5) is 51.9. The number of nitrogens with zero attached hydrogens (tertiary/aromatic N) is 7. The molecule has 0 saturated carbocycles. The van der Waals surface area contributed by atoms with Gasteiger partial charge in [-0.1, -0.05) is 60.4 Å². The van der Waals surface area contributed by atoms with Crippen LogP contribution < -0.4 is 25.8 Å². The molecule has 0 atom stereocenters. The van der Waals surface area contributed by atoms with Gasteiger partial charge in [-0.3, -0.25) is 28.4 Å². The third kappa shape index (κ3) is 4.92. The Morgan fingerprint density at radius 3 is 2.28 bits per heavy atom. The number of hydrogen-bond donors (Lipinski definition) is 0. The Morgan fingerprint density at radius 2 is 1.54 bits per heavy atom. The summed E-state index contributed by atoms with van der Waals surface area (Å²) in [6.45, 7) is 3.75. The molecule has 0 radical (unpaired) electrons. The molecular formula is C33H28FN7O3S2. The first kappa shape index (κ1) is 29.7. The summed E-state index contributed by atoms with van der Waals surface area (Å²) in [6, 6.07) is 21.1. The van der Waals surface area contributed by atoms with Crippen LogP contribution in [0.5, 0.6) is 0 Å². The van der Waals surface area contributed by atoms with Gasteiger partial charge in [0.15, 0.2) is 4.32 Å².